The van der Waals surface area contributed by atoms with E-state index in [-0.39, 0.29) is 23.5 Å². The van der Waals surface area contributed by atoms with Crippen LogP contribution in [0.4, 0.5) is 11.5 Å². The number of nitrogens with zero attached hydrogens (tertiary/aromatic N) is 3. The third-order valence-electron chi connectivity index (χ3n) is 6.00. The summed E-state index contributed by atoms with van der Waals surface area (Å²) in [5.41, 5.74) is 2.59. The standard InChI is InChI=1S/C28H27ClN4O3/c1-17(2)33(3)27-23(16-25(34)35)26(29)31-24(32-27)14-18-8-12-22(13-9-18)30-28(36)21-11-10-19-6-4-5-7-20(19)15-21/h4-13,15,17H,14,16H2,1-3H3,(H,30,36)(H,34,35). The maximum absolute atomic E-state index is 12.7. The molecule has 0 aliphatic carbocycles. The number of anilines is 2. The van der Waals surface area contributed by atoms with Crippen LogP contribution in [0.25, 0.3) is 10.8 Å². The Balaban J connectivity index is 1.50. The SMILES string of the molecule is CC(C)N(C)c1nc(Cc2ccc(NC(=O)c3ccc4ccccc4c3)cc2)nc(Cl)c1CC(=O)O. The van der Waals surface area contributed by atoms with Gasteiger partial charge in [-0.25, -0.2) is 9.97 Å². The van der Waals surface area contributed by atoms with Gasteiger partial charge in [0.15, 0.2) is 0 Å². The maximum Gasteiger partial charge on any atom is 0.308 e. The van der Waals surface area contributed by atoms with E-state index >= 15 is 0 Å². The van der Waals surface area contributed by atoms with Gasteiger partial charge < -0.3 is 15.3 Å². The van der Waals surface area contributed by atoms with Gasteiger partial charge in [-0.3, -0.25) is 9.59 Å². The molecule has 0 atom stereocenters. The average molecular weight is 503 g/mol. The fraction of sp³-hybridized carbons (Fsp3) is 0.214. The van der Waals surface area contributed by atoms with Crippen LogP contribution in [0.2, 0.25) is 5.15 Å². The Bertz CT molecular complexity index is 1420. The molecule has 0 bridgehead atoms. The highest BCUT2D eigenvalue weighted by Crippen LogP contribution is 2.27. The van der Waals surface area contributed by atoms with Gasteiger partial charge in [-0.15, -0.1) is 0 Å². The van der Waals surface area contributed by atoms with Gasteiger partial charge >= 0.3 is 5.97 Å². The molecule has 2 N–H and O–H groups in total. The van der Waals surface area contributed by atoms with Crippen molar-refractivity contribution in [2.24, 2.45) is 0 Å². The summed E-state index contributed by atoms with van der Waals surface area (Å²) in [4.78, 5) is 35.0. The number of carbonyl (C=O) groups is 2. The smallest absolute Gasteiger partial charge is 0.308 e. The van der Waals surface area contributed by atoms with E-state index in [9.17, 15) is 14.7 Å². The molecule has 1 heterocycles. The van der Waals surface area contributed by atoms with Crippen LogP contribution in [-0.4, -0.2) is 40.0 Å². The number of aromatic nitrogens is 2. The zero-order valence-electron chi connectivity index (χ0n) is 20.3. The number of carboxylic acids is 1. The Hall–Kier alpha value is -3.97. The lowest BCUT2D eigenvalue weighted by molar-refractivity contribution is -0.136. The lowest BCUT2D eigenvalue weighted by atomic mass is 10.1. The van der Waals surface area contributed by atoms with Crippen molar-refractivity contribution in [3.05, 3.63) is 94.4 Å². The molecule has 0 aliphatic rings. The number of hydrogen-bond acceptors (Lipinski definition) is 5. The normalized spacial score (nSPS) is 11.0. The highest BCUT2D eigenvalue weighted by molar-refractivity contribution is 6.30. The molecule has 0 fully saturated rings. The highest BCUT2D eigenvalue weighted by Gasteiger charge is 2.20. The van der Waals surface area contributed by atoms with Crippen molar-refractivity contribution >= 4 is 45.8 Å². The zero-order chi connectivity index (χ0) is 25.8. The fourth-order valence-corrected chi connectivity index (χ4v) is 4.08. The number of aliphatic carboxylic acids is 1. The van der Waals surface area contributed by atoms with Crippen molar-refractivity contribution in [2.75, 3.05) is 17.3 Å². The molecular weight excluding hydrogens is 476 g/mol. The van der Waals surface area contributed by atoms with E-state index in [1.807, 2.05) is 92.5 Å². The quantitative estimate of drug-likeness (QED) is 0.304. The van der Waals surface area contributed by atoms with Gasteiger partial charge in [-0.2, -0.15) is 0 Å². The van der Waals surface area contributed by atoms with Crippen LogP contribution in [0, 0.1) is 0 Å². The molecule has 4 rings (SSSR count). The van der Waals surface area contributed by atoms with Crippen molar-refractivity contribution in [3.63, 3.8) is 0 Å². The summed E-state index contributed by atoms with van der Waals surface area (Å²) in [5, 5.41) is 14.5. The molecule has 7 nitrogen and oxygen atoms in total. The molecule has 0 saturated carbocycles. The summed E-state index contributed by atoms with van der Waals surface area (Å²) in [6, 6.07) is 21.1. The van der Waals surface area contributed by atoms with Gasteiger partial charge in [0.1, 0.15) is 16.8 Å². The van der Waals surface area contributed by atoms with Gasteiger partial charge in [0.05, 0.1) is 6.42 Å². The number of carboxylic acid groups (broad SMARTS) is 1. The predicted molar refractivity (Wildman–Crippen MR) is 143 cm³/mol. The second kappa shape index (κ2) is 10.7. The summed E-state index contributed by atoms with van der Waals surface area (Å²) in [5.74, 6) is -0.168. The van der Waals surface area contributed by atoms with E-state index in [2.05, 4.69) is 15.3 Å². The average Bonchev–Trinajstić information content (AvgIpc) is 2.85. The van der Waals surface area contributed by atoms with E-state index in [1.165, 1.54) is 0 Å². The number of hydrogen-bond donors (Lipinski definition) is 2. The second-order valence-corrected chi connectivity index (χ2v) is 9.26. The number of halogens is 1. The van der Waals surface area contributed by atoms with Crippen LogP contribution < -0.4 is 10.2 Å². The molecular formula is C28H27ClN4O3. The highest BCUT2D eigenvalue weighted by atomic mass is 35.5. The Morgan fingerprint density at radius 3 is 2.36 bits per heavy atom. The molecule has 0 aliphatic heterocycles. The van der Waals surface area contributed by atoms with Gasteiger partial charge in [-0.05, 0) is 54.4 Å². The van der Waals surface area contributed by atoms with Crippen molar-refractivity contribution in [1.29, 1.82) is 0 Å². The topological polar surface area (TPSA) is 95.4 Å². The third-order valence-corrected chi connectivity index (χ3v) is 6.32. The molecule has 1 aromatic heterocycles. The monoisotopic (exact) mass is 502 g/mol. The van der Waals surface area contributed by atoms with Crippen molar-refractivity contribution in [3.8, 4) is 0 Å². The zero-order valence-corrected chi connectivity index (χ0v) is 21.1. The molecule has 0 spiro atoms. The first-order valence-electron chi connectivity index (χ1n) is 11.6. The number of carbonyl (C=O) groups excluding carboxylic acids is 1. The van der Waals surface area contributed by atoms with Gasteiger partial charge in [0.2, 0.25) is 0 Å². The van der Waals surface area contributed by atoms with Gasteiger partial charge in [-0.1, -0.05) is 54.1 Å². The Kier molecular flexibility index (Phi) is 7.50. The summed E-state index contributed by atoms with van der Waals surface area (Å²) in [7, 11) is 1.85. The molecule has 4 aromatic rings. The minimum atomic E-state index is -0.993. The fourth-order valence-electron chi connectivity index (χ4n) is 3.83. The van der Waals surface area contributed by atoms with E-state index < -0.39 is 5.97 Å². The first-order valence-corrected chi connectivity index (χ1v) is 12.0. The number of rotatable bonds is 8. The lowest BCUT2D eigenvalue weighted by Gasteiger charge is -2.25. The van der Waals surface area contributed by atoms with Gasteiger partial charge in [0.25, 0.3) is 5.91 Å². The number of fused-ring (bicyclic) bond motifs is 1. The second-order valence-electron chi connectivity index (χ2n) is 8.90. The molecule has 8 heteroatoms. The van der Waals surface area contributed by atoms with E-state index in [4.69, 9.17) is 11.6 Å². The van der Waals surface area contributed by atoms with Crippen LogP contribution in [0.5, 0.6) is 0 Å². The van der Waals surface area contributed by atoms with Crippen molar-refractivity contribution < 1.29 is 14.7 Å². The van der Waals surface area contributed by atoms with Crippen LogP contribution in [0.1, 0.15) is 41.2 Å². The summed E-state index contributed by atoms with van der Waals surface area (Å²) >= 11 is 6.38. The molecule has 1 amide bonds. The van der Waals surface area contributed by atoms with E-state index in [0.29, 0.717) is 34.9 Å². The molecule has 0 saturated heterocycles. The van der Waals surface area contributed by atoms with Gasteiger partial charge in [0, 0.05) is 36.3 Å². The first-order chi connectivity index (χ1) is 17.2. The number of amides is 1. The van der Waals surface area contributed by atoms with E-state index in [1.54, 1.807) is 0 Å². The van der Waals surface area contributed by atoms with Crippen molar-refractivity contribution in [1.82, 2.24) is 9.97 Å². The lowest BCUT2D eigenvalue weighted by Crippen LogP contribution is -2.29. The molecule has 3 aromatic carbocycles. The largest absolute Gasteiger partial charge is 0.481 e. The third kappa shape index (κ3) is 5.80. The number of nitrogens with one attached hydrogen (secondary N) is 1. The summed E-state index contributed by atoms with van der Waals surface area (Å²) < 4.78 is 0. The summed E-state index contributed by atoms with van der Waals surface area (Å²) in [6.07, 6.45) is 0.155. The van der Waals surface area contributed by atoms with Crippen LogP contribution in [-0.2, 0) is 17.6 Å². The summed E-state index contributed by atoms with van der Waals surface area (Å²) in [6.45, 7) is 3.98. The molecule has 0 unspecified atom stereocenters. The maximum atomic E-state index is 12.7. The minimum absolute atomic E-state index is 0.0989. The minimum Gasteiger partial charge on any atom is -0.481 e. The van der Waals surface area contributed by atoms with Crippen LogP contribution in [0.3, 0.4) is 0 Å². The Morgan fingerprint density at radius 2 is 1.69 bits per heavy atom. The first kappa shape index (κ1) is 25.1. The van der Waals surface area contributed by atoms with Crippen molar-refractivity contribution in [2.45, 2.75) is 32.7 Å². The Labute approximate surface area is 214 Å². The van der Waals surface area contributed by atoms with E-state index in [0.717, 1.165) is 16.3 Å². The molecule has 0 radical (unpaired) electrons. The predicted octanol–water partition coefficient (Wildman–Crippen LogP) is 5.60. The van der Waals surface area contributed by atoms with Crippen LogP contribution in [0.15, 0.2) is 66.7 Å². The molecule has 36 heavy (non-hydrogen) atoms. The van der Waals surface area contributed by atoms with Crippen LogP contribution >= 0.6 is 11.6 Å². The Morgan fingerprint density at radius 1 is 1.00 bits per heavy atom. The molecule has 184 valence electrons. The number of benzene rings is 3.